The van der Waals surface area contributed by atoms with Gasteiger partial charge in [0.2, 0.25) is 0 Å². The van der Waals surface area contributed by atoms with E-state index in [1.165, 1.54) is 89.9 Å². The summed E-state index contributed by atoms with van der Waals surface area (Å²) in [4.78, 5) is 2.34. The molecule has 0 N–H and O–H groups in total. The van der Waals surface area contributed by atoms with Gasteiger partial charge in [-0.05, 0) is 26.9 Å². The Morgan fingerprint density at radius 3 is 1.30 bits per heavy atom. The maximum Gasteiger partial charge on any atom is 0.505 e. The highest BCUT2D eigenvalue weighted by atomic mass is 35.5. The summed E-state index contributed by atoms with van der Waals surface area (Å²) in [5.41, 5.74) is 0.315. The van der Waals surface area contributed by atoms with Gasteiger partial charge in [0.25, 0.3) is 0 Å². The molecule has 0 aromatic rings. The third kappa shape index (κ3) is 13.0. The third-order valence-electron chi connectivity index (χ3n) is 6.48. The van der Waals surface area contributed by atoms with Crippen molar-refractivity contribution >= 4 is 21.2 Å². The Kier molecular flexibility index (Phi) is 23.0. The highest BCUT2D eigenvalue weighted by molar-refractivity contribution is 6.62. The van der Waals surface area contributed by atoms with Crippen LogP contribution in [0.15, 0.2) is 0 Å². The molecule has 0 spiro atoms. The Labute approximate surface area is 196 Å². The van der Waals surface area contributed by atoms with Gasteiger partial charge in [0.05, 0.1) is 0 Å². The lowest BCUT2D eigenvalue weighted by Crippen LogP contribution is -2.54. The van der Waals surface area contributed by atoms with Crippen LogP contribution in [0, 0.1) is 0 Å². The normalized spacial score (nSPS) is 14.0. The lowest BCUT2D eigenvalue weighted by atomic mass is 10.0. The first-order valence-corrected chi connectivity index (χ1v) is 14.1. The lowest BCUT2D eigenvalue weighted by Gasteiger charge is -2.39. The molecule has 4 nitrogen and oxygen atoms in total. The van der Waals surface area contributed by atoms with Crippen molar-refractivity contribution in [1.29, 1.82) is 0 Å². The standard InChI is InChI=1S/C24H53NO3Si.ClH/c1-8-10-11-12-13-14-15-16-17-18-19-20-21-22-23(25(3)4)24(9-2)29(26-5,27-6)28-7;/h23-24H,8-22H2,1-7H3;1H. The molecule has 0 saturated carbocycles. The lowest BCUT2D eigenvalue weighted by molar-refractivity contribution is 0.0902. The number of halogens is 1. The SMILES string of the molecule is CCCCCCCCCCCCCCCC(C(CC)[Si](OC)(OC)OC)N(C)C.Cl. The zero-order chi connectivity index (χ0) is 22.0. The molecule has 0 radical (unpaired) electrons. The first-order valence-electron chi connectivity index (χ1n) is 12.3. The van der Waals surface area contributed by atoms with E-state index in [1.54, 1.807) is 21.3 Å². The molecule has 2 atom stereocenters. The molecule has 0 aromatic carbocycles. The molecule has 0 amide bonds. The van der Waals surface area contributed by atoms with E-state index < -0.39 is 8.80 Å². The minimum Gasteiger partial charge on any atom is -0.377 e. The van der Waals surface area contributed by atoms with Crippen molar-refractivity contribution in [2.24, 2.45) is 0 Å². The molecule has 184 valence electrons. The number of rotatable bonds is 21. The summed E-state index contributed by atoms with van der Waals surface area (Å²) in [5, 5.41) is 0. The summed E-state index contributed by atoms with van der Waals surface area (Å²) >= 11 is 0. The third-order valence-corrected chi connectivity index (χ3v) is 9.89. The minimum absolute atomic E-state index is 0. The van der Waals surface area contributed by atoms with Crippen molar-refractivity contribution in [3.05, 3.63) is 0 Å². The fourth-order valence-corrected chi connectivity index (χ4v) is 7.50. The molecule has 0 aliphatic heterocycles. The zero-order valence-corrected chi connectivity index (χ0v) is 23.2. The highest BCUT2D eigenvalue weighted by Crippen LogP contribution is 2.35. The van der Waals surface area contributed by atoms with Crippen LogP contribution < -0.4 is 0 Å². The van der Waals surface area contributed by atoms with Crippen molar-refractivity contribution in [3.63, 3.8) is 0 Å². The molecule has 2 unspecified atom stereocenters. The second-order valence-electron chi connectivity index (χ2n) is 8.79. The van der Waals surface area contributed by atoms with Gasteiger partial charge >= 0.3 is 8.80 Å². The average molecular weight is 468 g/mol. The fraction of sp³-hybridized carbons (Fsp3) is 1.00. The molecule has 0 rings (SSSR count). The summed E-state index contributed by atoms with van der Waals surface area (Å²) in [6.45, 7) is 4.51. The zero-order valence-electron chi connectivity index (χ0n) is 21.3. The summed E-state index contributed by atoms with van der Waals surface area (Å²) in [6, 6.07) is 0.444. The minimum atomic E-state index is -2.62. The second kappa shape index (κ2) is 21.2. The smallest absolute Gasteiger partial charge is 0.377 e. The van der Waals surface area contributed by atoms with Crippen LogP contribution in [0.25, 0.3) is 0 Å². The molecule has 0 saturated heterocycles. The van der Waals surface area contributed by atoms with Crippen molar-refractivity contribution in [3.8, 4) is 0 Å². The van der Waals surface area contributed by atoms with Crippen molar-refractivity contribution in [1.82, 2.24) is 4.90 Å². The van der Waals surface area contributed by atoms with Crippen LogP contribution in [-0.2, 0) is 13.3 Å². The predicted molar refractivity (Wildman–Crippen MR) is 136 cm³/mol. The number of nitrogens with zero attached hydrogens (tertiary/aromatic N) is 1. The molecule has 0 aliphatic rings. The van der Waals surface area contributed by atoms with Crippen molar-refractivity contribution < 1.29 is 13.3 Å². The molecule has 0 aromatic heterocycles. The highest BCUT2D eigenvalue weighted by Gasteiger charge is 2.50. The number of hydrogen-bond donors (Lipinski definition) is 0. The summed E-state index contributed by atoms with van der Waals surface area (Å²) in [5.74, 6) is 0. The first-order chi connectivity index (χ1) is 14.0. The van der Waals surface area contributed by atoms with Crippen LogP contribution in [0.2, 0.25) is 5.54 Å². The van der Waals surface area contributed by atoms with Crippen LogP contribution in [0.1, 0.15) is 110 Å². The topological polar surface area (TPSA) is 30.9 Å². The van der Waals surface area contributed by atoms with Crippen LogP contribution in [0.4, 0.5) is 0 Å². The molecular weight excluding hydrogens is 414 g/mol. The Bertz CT molecular complexity index is 349. The summed E-state index contributed by atoms with van der Waals surface area (Å²) < 4.78 is 17.4. The van der Waals surface area contributed by atoms with Gasteiger partial charge in [0, 0.05) is 32.9 Å². The molecule has 0 bridgehead atoms. The van der Waals surface area contributed by atoms with Gasteiger partial charge in [-0.3, -0.25) is 0 Å². The van der Waals surface area contributed by atoms with Crippen LogP contribution >= 0.6 is 12.4 Å². The van der Waals surface area contributed by atoms with Crippen LogP contribution in [-0.4, -0.2) is 55.2 Å². The van der Waals surface area contributed by atoms with Crippen LogP contribution in [0.5, 0.6) is 0 Å². The average Bonchev–Trinajstić information content (AvgIpc) is 2.73. The monoisotopic (exact) mass is 467 g/mol. The van der Waals surface area contributed by atoms with Gasteiger partial charge in [-0.2, -0.15) is 0 Å². The summed E-state index contributed by atoms with van der Waals surface area (Å²) in [7, 11) is 6.94. The van der Waals surface area contributed by atoms with E-state index in [4.69, 9.17) is 13.3 Å². The van der Waals surface area contributed by atoms with Gasteiger partial charge < -0.3 is 18.2 Å². The van der Waals surface area contributed by atoms with Crippen LogP contribution in [0.3, 0.4) is 0 Å². The van der Waals surface area contributed by atoms with Gasteiger partial charge in [0.1, 0.15) is 0 Å². The Morgan fingerprint density at radius 2 is 1.00 bits per heavy atom. The Morgan fingerprint density at radius 1 is 0.633 bits per heavy atom. The van der Waals surface area contributed by atoms with Gasteiger partial charge in [0.15, 0.2) is 0 Å². The number of hydrogen-bond acceptors (Lipinski definition) is 4. The molecule has 6 heteroatoms. The summed E-state index contributed by atoms with van der Waals surface area (Å²) in [6.07, 6.45) is 20.4. The first kappa shape index (κ1) is 32.5. The maximum atomic E-state index is 5.81. The second-order valence-corrected chi connectivity index (χ2v) is 12.0. The molecule has 0 heterocycles. The largest absolute Gasteiger partial charge is 0.505 e. The van der Waals surface area contributed by atoms with E-state index in [2.05, 4.69) is 32.8 Å². The fourth-order valence-electron chi connectivity index (χ4n) is 4.65. The van der Waals surface area contributed by atoms with Gasteiger partial charge in [-0.1, -0.05) is 97.3 Å². The molecule has 0 aliphatic carbocycles. The maximum absolute atomic E-state index is 5.81. The Hall–Kier alpha value is 0.347. The molecule has 30 heavy (non-hydrogen) atoms. The predicted octanol–water partition coefficient (Wildman–Crippen LogP) is 7.48. The quantitative estimate of drug-likeness (QED) is 0.129. The van der Waals surface area contributed by atoms with Gasteiger partial charge in [-0.15, -0.1) is 12.4 Å². The molecular formula is C24H54ClNO3Si. The van der Waals surface area contributed by atoms with Gasteiger partial charge in [-0.25, -0.2) is 0 Å². The van der Waals surface area contributed by atoms with E-state index in [1.807, 2.05) is 0 Å². The van der Waals surface area contributed by atoms with Crippen molar-refractivity contribution in [2.45, 2.75) is 122 Å². The van der Waals surface area contributed by atoms with E-state index in [0.717, 1.165) is 6.42 Å². The number of unbranched alkanes of at least 4 members (excludes halogenated alkanes) is 12. The van der Waals surface area contributed by atoms with E-state index in [9.17, 15) is 0 Å². The van der Waals surface area contributed by atoms with E-state index in [0.29, 0.717) is 11.6 Å². The van der Waals surface area contributed by atoms with Crippen molar-refractivity contribution in [2.75, 3.05) is 35.4 Å². The van der Waals surface area contributed by atoms with E-state index in [-0.39, 0.29) is 12.4 Å². The van der Waals surface area contributed by atoms with E-state index >= 15 is 0 Å². The molecule has 0 fully saturated rings. The Balaban J connectivity index is 0.